The van der Waals surface area contributed by atoms with Gasteiger partial charge in [0, 0.05) is 31.1 Å². The highest BCUT2D eigenvalue weighted by Crippen LogP contribution is 2.37. The highest BCUT2D eigenvalue weighted by molar-refractivity contribution is 5.71. The van der Waals surface area contributed by atoms with Gasteiger partial charge in [-0.15, -0.1) is 0 Å². The van der Waals surface area contributed by atoms with Crippen LogP contribution < -0.4 is 0 Å². The third kappa shape index (κ3) is 18.2. The molecule has 1 fully saturated rings. The molecule has 0 aromatic rings. The van der Waals surface area contributed by atoms with Gasteiger partial charge in [-0.3, -0.25) is 9.59 Å². The van der Waals surface area contributed by atoms with Crippen molar-refractivity contribution >= 4 is 11.9 Å². The van der Waals surface area contributed by atoms with E-state index in [1.165, 1.54) is 12.2 Å². The zero-order chi connectivity index (χ0) is 42.0. The summed E-state index contributed by atoms with van der Waals surface area (Å²) >= 11 is 0. The number of hydrogen-bond acceptors (Lipinski definition) is 14. The minimum atomic E-state index is -2.28. The number of cyclic esters (lactones) is 1. The Balaban J connectivity index is 2.16. The van der Waals surface area contributed by atoms with Crippen LogP contribution in [0.4, 0.5) is 0 Å². The summed E-state index contributed by atoms with van der Waals surface area (Å²) in [5.74, 6) is -6.64. The van der Waals surface area contributed by atoms with Crippen molar-refractivity contribution in [1.82, 2.24) is 0 Å². The molecule has 0 spiro atoms. The number of carboxylic acids is 1. The molecule has 2 unspecified atom stereocenters. The number of fused-ring (bicyclic) bond motifs is 2. The molecule has 0 radical (unpaired) electrons. The van der Waals surface area contributed by atoms with E-state index in [4.69, 9.17) is 9.47 Å². The lowest BCUT2D eigenvalue weighted by Crippen LogP contribution is -2.56. The lowest BCUT2D eigenvalue weighted by atomic mass is 9.82. The molecule has 56 heavy (non-hydrogen) atoms. The average molecular weight is 799 g/mol. The first-order valence-corrected chi connectivity index (χ1v) is 19.6. The molecule has 15 heteroatoms. The molecule has 2 bridgehead atoms. The molecular weight excluding hydrogens is 732 g/mol. The molecule has 0 aromatic carbocycles. The van der Waals surface area contributed by atoms with Gasteiger partial charge in [-0.1, -0.05) is 74.6 Å². The number of ether oxygens (including phenoxy) is 2. The Labute approximate surface area is 329 Å². The number of allylic oxidation sites excluding steroid dienone is 6. The lowest BCUT2D eigenvalue weighted by Gasteiger charge is -2.44. The highest BCUT2D eigenvalue weighted by Gasteiger charge is 2.50. The van der Waals surface area contributed by atoms with E-state index in [0.29, 0.717) is 0 Å². The number of carbonyl (C=O) groups excluding carboxylic acids is 1. The van der Waals surface area contributed by atoms with Gasteiger partial charge in [0.15, 0.2) is 5.79 Å². The Kier molecular flexibility index (Phi) is 21.9. The monoisotopic (exact) mass is 798 g/mol. The number of aliphatic hydroxyl groups excluding tert-OH is 9. The zero-order valence-electron chi connectivity index (χ0n) is 32.7. The molecule has 1 saturated heterocycles. The molecule has 0 amide bonds. The fraction of sp³-hybridized carbons (Fsp3) is 0.707. The van der Waals surface area contributed by atoms with Crippen molar-refractivity contribution < 1.29 is 75.2 Å². The van der Waals surface area contributed by atoms with Crippen LogP contribution >= 0.6 is 0 Å². The molecule has 2 rings (SSSR count). The summed E-state index contributed by atoms with van der Waals surface area (Å²) in [6, 6.07) is 0. The van der Waals surface area contributed by atoms with Gasteiger partial charge in [0.2, 0.25) is 0 Å². The maximum absolute atomic E-state index is 12.5. The molecule has 15 atom stereocenters. The van der Waals surface area contributed by atoms with Crippen molar-refractivity contribution in [2.24, 2.45) is 17.8 Å². The molecule has 2 aliphatic rings. The van der Waals surface area contributed by atoms with E-state index in [0.717, 1.165) is 12.8 Å². The SMILES string of the molecule is C[C@@H]1[C@H](O)[C@@H](C)/C=C/C=C/CC/C=C/C=C/C(O)C/C=C/[C@H](O)CC2O[C@](O)(C[C@@H](O)[C@H](O)CC[C@@H](O)C[C@@H](O)C[C@@H](O)CC(=O)O[C@H]1C)C[C@H](O)[C@H]2C(=O)O. The summed E-state index contributed by atoms with van der Waals surface area (Å²) in [5, 5.41) is 116. The van der Waals surface area contributed by atoms with Crippen LogP contribution in [0.3, 0.4) is 0 Å². The number of esters is 1. The van der Waals surface area contributed by atoms with E-state index in [-0.39, 0.29) is 44.4 Å². The second kappa shape index (κ2) is 24.9. The van der Waals surface area contributed by atoms with Crippen molar-refractivity contribution in [3.63, 3.8) is 0 Å². The topological polar surface area (TPSA) is 275 Å². The van der Waals surface area contributed by atoms with E-state index in [2.05, 4.69) is 0 Å². The summed E-state index contributed by atoms with van der Waals surface area (Å²) in [6.07, 6.45) is 2.54. The van der Waals surface area contributed by atoms with Crippen molar-refractivity contribution in [2.45, 2.75) is 164 Å². The zero-order valence-corrected chi connectivity index (χ0v) is 32.7. The number of carboxylic acid groups (broad SMARTS) is 1. The molecule has 0 aromatic heterocycles. The van der Waals surface area contributed by atoms with E-state index in [1.807, 2.05) is 37.3 Å². The maximum Gasteiger partial charge on any atom is 0.311 e. The van der Waals surface area contributed by atoms with Crippen LogP contribution in [-0.4, -0.2) is 141 Å². The number of carbonyl (C=O) groups is 2. The first-order chi connectivity index (χ1) is 26.3. The van der Waals surface area contributed by atoms with Crippen molar-refractivity contribution in [2.75, 3.05) is 0 Å². The van der Waals surface area contributed by atoms with Crippen molar-refractivity contribution in [3.05, 3.63) is 60.8 Å². The molecule has 0 aliphatic carbocycles. The third-order valence-corrected chi connectivity index (χ3v) is 10.3. The van der Waals surface area contributed by atoms with Crippen LogP contribution in [0, 0.1) is 17.8 Å². The van der Waals surface area contributed by atoms with Crippen LogP contribution in [0.25, 0.3) is 0 Å². The Morgan fingerprint density at radius 1 is 0.696 bits per heavy atom. The molecular formula is C41H66O15. The predicted molar refractivity (Wildman–Crippen MR) is 205 cm³/mol. The molecule has 15 nitrogen and oxygen atoms in total. The Bertz CT molecular complexity index is 1320. The summed E-state index contributed by atoms with van der Waals surface area (Å²) < 4.78 is 11.1. The predicted octanol–water partition coefficient (Wildman–Crippen LogP) is 1.31. The highest BCUT2D eigenvalue weighted by atomic mass is 16.6. The average Bonchev–Trinajstić information content (AvgIpc) is 3.09. The van der Waals surface area contributed by atoms with E-state index in [1.54, 1.807) is 32.1 Å². The van der Waals surface area contributed by atoms with E-state index in [9.17, 15) is 65.8 Å². The molecule has 11 N–H and O–H groups in total. The quantitative estimate of drug-likeness (QED) is 0.132. The van der Waals surface area contributed by atoms with Crippen LogP contribution in [0.2, 0.25) is 0 Å². The van der Waals surface area contributed by atoms with E-state index >= 15 is 0 Å². The van der Waals surface area contributed by atoms with Gasteiger partial charge >= 0.3 is 11.9 Å². The summed E-state index contributed by atoms with van der Waals surface area (Å²) in [5.41, 5.74) is 0. The molecule has 2 aliphatic heterocycles. The summed E-state index contributed by atoms with van der Waals surface area (Å²) in [6.45, 7) is 5.24. The van der Waals surface area contributed by atoms with Gasteiger partial charge in [-0.25, -0.2) is 0 Å². The largest absolute Gasteiger partial charge is 0.481 e. The van der Waals surface area contributed by atoms with Crippen molar-refractivity contribution in [3.8, 4) is 0 Å². The van der Waals surface area contributed by atoms with E-state index < -0.39 is 116 Å². The number of aliphatic hydroxyl groups is 10. The number of rotatable bonds is 1. The lowest BCUT2D eigenvalue weighted by molar-refractivity contribution is -0.302. The Hall–Kier alpha value is -2.80. The van der Waals surface area contributed by atoms with Gasteiger partial charge in [-0.05, 0) is 51.9 Å². The summed E-state index contributed by atoms with van der Waals surface area (Å²) in [7, 11) is 0. The maximum atomic E-state index is 12.5. The van der Waals surface area contributed by atoms with Crippen LogP contribution in [0.15, 0.2) is 60.8 Å². The van der Waals surface area contributed by atoms with Gasteiger partial charge in [0.25, 0.3) is 0 Å². The fourth-order valence-corrected chi connectivity index (χ4v) is 6.87. The van der Waals surface area contributed by atoms with Gasteiger partial charge < -0.3 is 65.6 Å². The smallest absolute Gasteiger partial charge is 0.311 e. The van der Waals surface area contributed by atoms with Crippen LogP contribution in [0.5, 0.6) is 0 Å². The fourth-order valence-electron chi connectivity index (χ4n) is 6.87. The first-order valence-electron chi connectivity index (χ1n) is 19.6. The molecule has 2 heterocycles. The normalized spacial score (nSPS) is 43.3. The minimum absolute atomic E-state index is 0.111. The minimum Gasteiger partial charge on any atom is -0.481 e. The van der Waals surface area contributed by atoms with Gasteiger partial charge in [-0.2, -0.15) is 0 Å². The van der Waals surface area contributed by atoms with Gasteiger partial charge in [0.05, 0.1) is 67.5 Å². The second-order valence-electron chi connectivity index (χ2n) is 15.4. The number of hydrogen-bond donors (Lipinski definition) is 11. The second-order valence-corrected chi connectivity index (χ2v) is 15.4. The Morgan fingerprint density at radius 2 is 1.30 bits per heavy atom. The summed E-state index contributed by atoms with van der Waals surface area (Å²) in [4.78, 5) is 24.5. The van der Waals surface area contributed by atoms with Gasteiger partial charge in [0.1, 0.15) is 12.0 Å². The Morgan fingerprint density at radius 3 is 1.95 bits per heavy atom. The van der Waals surface area contributed by atoms with Crippen LogP contribution in [-0.2, 0) is 19.1 Å². The molecule has 0 saturated carbocycles. The third-order valence-electron chi connectivity index (χ3n) is 10.3. The molecule has 320 valence electrons. The van der Waals surface area contributed by atoms with Crippen LogP contribution in [0.1, 0.15) is 91.4 Å². The first kappa shape index (κ1) is 49.3. The van der Waals surface area contributed by atoms with Crippen molar-refractivity contribution in [1.29, 1.82) is 0 Å². The number of aliphatic carboxylic acids is 1. The standard InChI is InChI=1S/C41H66O15/c1-25-13-10-8-6-4-5-7-9-11-14-28(42)15-12-16-29(43)21-36-38(40(52)53)35(49)24-41(54,56-36)23-34(48)33(47)18-17-30(44)19-31(45)20-32(46)22-37(50)55-27(3)26(2)39(25)51/h6-14,16,25-36,38-39,42-49,51,54H,4-5,15,17-24H2,1-3H3,(H,52,53)/b8-6+,9-7+,13-10+,14-11+,16-12+/t25-,26-,27-,28?,29-,30+,31+,32+,33+,34+,35-,36?,38+,39+,41+/m0/s1.